The highest BCUT2D eigenvalue weighted by Crippen LogP contribution is 2.01. The van der Waals surface area contributed by atoms with E-state index in [9.17, 15) is 4.79 Å². The van der Waals surface area contributed by atoms with Crippen LogP contribution >= 0.6 is 0 Å². The number of benzene rings is 1. The van der Waals surface area contributed by atoms with Gasteiger partial charge in [-0.15, -0.1) is 0 Å². The van der Waals surface area contributed by atoms with Crippen LogP contribution in [0.25, 0.3) is 0 Å². The van der Waals surface area contributed by atoms with E-state index in [1.54, 1.807) is 24.3 Å². The van der Waals surface area contributed by atoms with Crippen molar-refractivity contribution in [3.05, 3.63) is 35.9 Å². The van der Waals surface area contributed by atoms with E-state index in [1.165, 1.54) is 0 Å². The van der Waals surface area contributed by atoms with Gasteiger partial charge in [-0.25, -0.2) is 0 Å². The van der Waals surface area contributed by atoms with Crippen LogP contribution in [0.2, 0.25) is 0 Å². The summed E-state index contributed by atoms with van der Waals surface area (Å²) in [5.74, 6) is -0.686. The third kappa shape index (κ3) is 2.13. The highest BCUT2D eigenvalue weighted by molar-refractivity contribution is 6.14. The van der Waals surface area contributed by atoms with Crippen LogP contribution in [0.3, 0.4) is 0 Å². The van der Waals surface area contributed by atoms with Crippen molar-refractivity contribution < 1.29 is 4.79 Å². The molecule has 13 heavy (non-hydrogen) atoms. The van der Waals surface area contributed by atoms with Crippen molar-refractivity contribution in [2.75, 3.05) is 0 Å². The Hall–Kier alpha value is -1.68. The molecule has 0 saturated carbocycles. The zero-order chi connectivity index (χ0) is 9.84. The maximum absolute atomic E-state index is 10.7. The van der Waals surface area contributed by atoms with Crippen molar-refractivity contribution >= 4 is 11.6 Å². The molecule has 1 aromatic carbocycles. The van der Waals surface area contributed by atoms with Crippen LogP contribution < -0.4 is 11.5 Å². The number of nitrogens with two attached hydrogens (primary N) is 2. The van der Waals surface area contributed by atoms with Crippen molar-refractivity contribution in [1.82, 2.24) is 0 Å². The number of nitrogens with one attached hydrogen (secondary N) is 1. The lowest BCUT2D eigenvalue weighted by Crippen LogP contribution is -2.43. The molecule has 0 radical (unpaired) electrons. The second-order valence-corrected chi connectivity index (χ2v) is 2.66. The summed E-state index contributed by atoms with van der Waals surface area (Å²) >= 11 is 0. The Morgan fingerprint density at radius 3 is 2.31 bits per heavy atom. The standard InChI is InChI=1S/C9H11N3O/c10-7(8(11)9(12)13)6-4-2-1-3-5-6/h1-5,8,10H,11H2,(H2,12,13). The van der Waals surface area contributed by atoms with E-state index in [0.717, 1.165) is 0 Å². The summed E-state index contributed by atoms with van der Waals surface area (Å²) in [7, 11) is 0. The molecule has 0 spiro atoms. The van der Waals surface area contributed by atoms with Crippen LogP contribution in [0.4, 0.5) is 0 Å². The van der Waals surface area contributed by atoms with Crippen LogP contribution in [0.15, 0.2) is 30.3 Å². The van der Waals surface area contributed by atoms with Gasteiger partial charge in [-0.1, -0.05) is 30.3 Å². The molecule has 0 fully saturated rings. The van der Waals surface area contributed by atoms with Gasteiger partial charge in [0.05, 0.1) is 5.71 Å². The Morgan fingerprint density at radius 1 is 1.31 bits per heavy atom. The number of hydrogen-bond acceptors (Lipinski definition) is 3. The topological polar surface area (TPSA) is 93.0 Å². The van der Waals surface area contributed by atoms with Gasteiger partial charge in [0.1, 0.15) is 6.04 Å². The summed E-state index contributed by atoms with van der Waals surface area (Å²) in [6, 6.07) is 7.78. The molecule has 5 N–H and O–H groups in total. The minimum atomic E-state index is -1.03. The van der Waals surface area contributed by atoms with E-state index >= 15 is 0 Å². The molecule has 1 atom stereocenters. The molecule has 1 aromatic rings. The zero-order valence-corrected chi connectivity index (χ0v) is 7.03. The van der Waals surface area contributed by atoms with E-state index in [2.05, 4.69) is 0 Å². The number of amides is 1. The minimum Gasteiger partial charge on any atom is -0.368 e. The first-order valence-electron chi connectivity index (χ1n) is 3.81. The zero-order valence-electron chi connectivity index (χ0n) is 7.03. The monoisotopic (exact) mass is 177 g/mol. The average Bonchev–Trinajstić information content (AvgIpc) is 2.17. The molecule has 4 heteroatoms. The molecule has 4 nitrogen and oxygen atoms in total. The number of carbonyl (C=O) groups is 1. The molecule has 1 amide bonds. The molecular weight excluding hydrogens is 166 g/mol. The maximum atomic E-state index is 10.7. The third-order valence-electron chi connectivity index (χ3n) is 1.70. The molecule has 1 unspecified atom stereocenters. The fourth-order valence-electron chi connectivity index (χ4n) is 0.940. The summed E-state index contributed by atoms with van der Waals surface area (Å²) in [6.45, 7) is 0. The molecular formula is C9H11N3O. The Bertz CT molecular complexity index is 321. The highest BCUT2D eigenvalue weighted by Gasteiger charge is 2.16. The lowest BCUT2D eigenvalue weighted by molar-refractivity contribution is -0.117. The van der Waals surface area contributed by atoms with Gasteiger partial charge < -0.3 is 16.9 Å². The van der Waals surface area contributed by atoms with E-state index in [1.807, 2.05) is 6.07 Å². The maximum Gasteiger partial charge on any atom is 0.240 e. The van der Waals surface area contributed by atoms with Gasteiger partial charge in [-0.3, -0.25) is 4.79 Å². The van der Waals surface area contributed by atoms with Crippen LogP contribution in [-0.2, 0) is 4.79 Å². The van der Waals surface area contributed by atoms with Crippen molar-refractivity contribution in [2.24, 2.45) is 11.5 Å². The van der Waals surface area contributed by atoms with Gasteiger partial charge in [0, 0.05) is 0 Å². The summed E-state index contributed by atoms with van der Waals surface area (Å²) in [5, 5.41) is 7.54. The second-order valence-electron chi connectivity index (χ2n) is 2.66. The highest BCUT2D eigenvalue weighted by atomic mass is 16.1. The predicted octanol–water partition coefficient (Wildman–Crippen LogP) is -0.133. The van der Waals surface area contributed by atoms with Gasteiger partial charge in [0.2, 0.25) is 5.91 Å². The predicted molar refractivity (Wildman–Crippen MR) is 50.4 cm³/mol. The van der Waals surface area contributed by atoms with Crippen molar-refractivity contribution in [1.29, 1.82) is 5.41 Å². The quantitative estimate of drug-likeness (QED) is 0.561. The second kappa shape index (κ2) is 3.82. The van der Waals surface area contributed by atoms with E-state index in [0.29, 0.717) is 5.56 Å². The number of rotatable bonds is 3. The molecule has 0 aliphatic carbocycles. The Morgan fingerprint density at radius 2 is 1.85 bits per heavy atom. The first kappa shape index (κ1) is 9.41. The van der Waals surface area contributed by atoms with E-state index in [4.69, 9.17) is 16.9 Å². The molecule has 0 aliphatic rings. The van der Waals surface area contributed by atoms with Gasteiger partial charge in [0.25, 0.3) is 0 Å². The lowest BCUT2D eigenvalue weighted by Gasteiger charge is -2.08. The van der Waals surface area contributed by atoms with Crippen molar-refractivity contribution in [3.8, 4) is 0 Å². The Balaban J connectivity index is 2.86. The molecule has 0 saturated heterocycles. The van der Waals surface area contributed by atoms with Crippen LogP contribution in [0.1, 0.15) is 5.56 Å². The van der Waals surface area contributed by atoms with E-state index < -0.39 is 11.9 Å². The third-order valence-corrected chi connectivity index (χ3v) is 1.70. The molecule has 0 heterocycles. The van der Waals surface area contributed by atoms with Crippen LogP contribution in [0.5, 0.6) is 0 Å². The molecule has 0 aromatic heterocycles. The SMILES string of the molecule is N=C(c1ccccc1)C(N)C(N)=O. The summed E-state index contributed by atoms with van der Waals surface area (Å²) < 4.78 is 0. The minimum absolute atomic E-state index is 0.0492. The van der Waals surface area contributed by atoms with Gasteiger partial charge in [-0.2, -0.15) is 0 Å². The number of hydrogen-bond donors (Lipinski definition) is 3. The van der Waals surface area contributed by atoms with E-state index in [-0.39, 0.29) is 5.71 Å². The number of carbonyl (C=O) groups excluding carboxylic acids is 1. The first-order valence-corrected chi connectivity index (χ1v) is 3.81. The molecule has 0 bridgehead atoms. The summed E-state index contributed by atoms with van der Waals surface area (Å²) in [5.41, 5.74) is 11.0. The fourth-order valence-corrected chi connectivity index (χ4v) is 0.940. The first-order chi connectivity index (χ1) is 6.13. The normalized spacial score (nSPS) is 12.1. The number of primary amides is 1. The Kier molecular flexibility index (Phi) is 2.76. The van der Waals surface area contributed by atoms with Gasteiger partial charge >= 0.3 is 0 Å². The van der Waals surface area contributed by atoms with Crippen molar-refractivity contribution in [3.63, 3.8) is 0 Å². The molecule has 0 aliphatic heterocycles. The van der Waals surface area contributed by atoms with Crippen LogP contribution in [-0.4, -0.2) is 17.7 Å². The fraction of sp³-hybridized carbons (Fsp3) is 0.111. The summed E-state index contributed by atoms with van der Waals surface area (Å²) in [6.07, 6.45) is 0. The van der Waals surface area contributed by atoms with Crippen LogP contribution in [0, 0.1) is 5.41 Å². The smallest absolute Gasteiger partial charge is 0.240 e. The average molecular weight is 177 g/mol. The van der Waals surface area contributed by atoms with Gasteiger partial charge in [0.15, 0.2) is 0 Å². The lowest BCUT2D eigenvalue weighted by atomic mass is 10.0. The molecule has 1 rings (SSSR count). The molecule has 68 valence electrons. The largest absolute Gasteiger partial charge is 0.368 e. The summed E-state index contributed by atoms with van der Waals surface area (Å²) in [4.78, 5) is 10.7. The van der Waals surface area contributed by atoms with Gasteiger partial charge in [-0.05, 0) is 5.56 Å². The van der Waals surface area contributed by atoms with Crippen molar-refractivity contribution in [2.45, 2.75) is 6.04 Å². The Labute approximate surface area is 76.1 Å².